The number of anilines is 2. The number of halogens is 1. The third kappa shape index (κ3) is 3.67. The van der Waals surface area contributed by atoms with Crippen molar-refractivity contribution in [2.24, 2.45) is 5.73 Å². The SMILES string of the molecule is CC(Nc1ccc(N2CCCC2=O)c(Cl)c1)C(=O)NC(N)=O. The van der Waals surface area contributed by atoms with Crippen molar-refractivity contribution in [3.63, 3.8) is 0 Å². The summed E-state index contributed by atoms with van der Waals surface area (Å²) in [5, 5.41) is 5.32. The Balaban J connectivity index is 2.07. The van der Waals surface area contributed by atoms with E-state index >= 15 is 0 Å². The van der Waals surface area contributed by atoms with Crippen LogP contribution >= 0.6 is 11.6 Å². The van der Waals surface area contributed by atoms with Crippen molar-refractivity contribution >= 4 is 40.8 Å². The Kier molecular flexibility index (Phi) is 4.87. The van der Waals surface area contributed by atoms with E-state index in [0.717, 1.165) is 6.42 Å². The lowest BCUT2D eigenvalue weighted by Crippen LogP contribution is -2.43. The van der Waals surface area contributed by atoms with Gasteiger partial charge in [0.1, 0.15) is 6.04 Å². The van der Waals surface area contributed by atoms with E-state index < -0.39 is 18.0 Å². The molecule has 1 saturated heterocycles. The molecule has 1 atom stereocenters. The third-order valence-corrected chi connectivity index (χ3v) is 3.64. The van der Waals surface area contributed by atoms with E-state index in [9.17, 15) is 14.4 Å². The molecule has 0 spiro atoms. The van der Waals surface area contributed by atoms with Crippen LogP contribution in [0.15, 0.2) is 18.2 Å². The maximum atomic E-state index is 11.7. The van der Waals surface area contributed by atoms with Crippen molar-refractivity contribution in [2.75, 3.05) is 16.8 Å². The smallest absolute Gasteiger partial charge is 0.318 e. The molecule has 0 bridgehead atoms. The highest BCUT2D eigenvalue weighted by Gasteiger charge is 2.23. The lowest BCUT2D eigenvalue weighted by Gasteiger charge is -2.19. The molecule has 1 unspecified atom stereocenters. The lowest BCUT2D eigenvalue weighted by molar-refractivity contribution is -0.120. The van der Waals surface area contributed by atoms with Gasteiger partial charge in [-0.2, -0.15) is 0 Å². The highest BCUT2D eigenvalue weighted by molar-refractivity contribution is 6.34. The quantitative estimate of drug-likeness (QED) is 0.779. The molecule has 4 amide bonds. The predicted molar refractivity (Wildman–Crippen MR) is 83.8 cm³/mol. The van der Waals surface area contributed by atoms with Crippen LogP contribution in [0.5, 0.6) is 0 Å². The van der Waals surface area contributed by atoms with E-state index in [0.29, 0.717) is 29.4 Å². The van der Waals surface area contributed by atoms with Crippen LogP contribution in [-0.4, -0.2) is 30.4 Å². The second-order valence-electron chi connectivity index (χ2n) is 5.03. The van der Waals surface area contributed by atoms with E-state index in [1.54, 1.807) is 30.0 Å². The number of nitrogens with zero attached hydrogens (tertiary/aromatic N) is 1. The summed E-state index contributed by atoms with van der Waals surface area (Å²) >= 11 is 6.21. The van der Waals surface area contributed by atoms with Crippen molar-refractivity contribution in [3.8, 4) is 0 Å². The summed E-state index contributed by atoms with van der Waals surface area (Å²) in [5.74, 6) is -0.487. The number of nitrogens with one attached hydrogen (secondary N) is 2. The number of nitrogens with two attached hydrogens (primary N) is 1. The van der Waals surface area contributed by atoms with Gasteiger partial charge in [-0.05, 0) is 31.5 Å². The molecule has 2 rings (SSSR count). The minimum atomic E-state index is -0.903. The van der Waals surface area contributed by atoms with Crippen LogP contribution in [0.1, 0.15) is 19.8 Å². The lowest BCUT2D eigenvalue weighted by atomic mass is 10.2. The molecule has 1 aliphatic rings. The summed E-state index contributed by atoms with van der Waals surface area (Å²) in [7, 11) is 0. The Morgan fingerprint density at radius 3 is 2.68 bits per heavy atom. The van der Waals surface area contributed by atoms with Gasteiger partial charge in [0.2, 0.25) is 11.8 Å². The number of urea groups is 1. The summed E-state index contributed by atoms with van der Waals surface area (Å²) in [5.41, 5.74) is 6.15. The largest absolute Gasteiger partial charge is 0.374 e. The first-order valence-electron chi connectivity index (χ1n) is 6.85. The van der Waals surface area contributed by atoms with Gasteiger partial charge in [0, 0.05) is 18.7 Å². The molecule has 0 radical (unpaired) electrons. The Morgan fingerprint density at radius 2 is 2.14 bits per heavy atom. The normalized spacial score (nSPS) is 15.5. The number of imide groups is 1. The summed E-state index contributed by atoms with van der Waals surface area (Å²) in [6.45, 7) is 2.24. The van der Waals surface area contributed by atoms with Crippen molar-refractivity contribution in [2.45, 2.75) is 25.8 Å². The Labute approximate surface area is 132 Å². The minimum Gasteiger partial charge on any atom is -0.374 e. The fourth-order valence-electron chi connectivity index (χ4n) is 2.26. The van der Waals surface area contributed by atoms with Gasteiger partial charge in [-0.25, -0.2) is 4.79 Å². The molecule has 22 heavy (non-hydrogen) atoms. The van der Waals surface area contributed by atoms with E-state index in [-0.39, 0.29) is 5.91 Å². The monoisotopic (exact) mass is 324 g/mol. The zero-order valence-electron chi connectivity index (χ0n) is 12.1. The second kappa shape index (κ2) is 6.65. The molecule has 0 saturated carbocycles. The van der Waals surface area contributed by atoms with Crippen LogP contribution in [-0.2, 0) is 9.59 Å². The van der Waals surface area contributed by atoms with Gasteiger partial charge < -0.3 is 16.0 Å². The van der Waals surface area contributed by atoms with Gasteiger partial charge in [0.05, 0.1) is 10.7 Å². The third-order valence-electron chi connectivity index (χ3n) is 3.33. The summed E-state index contributed by atoms with van der Waals surface area (Å²) in [4.78, 5) is 35.6. The van der Waals surface area contributed by atoms with E-state index in [2.05, 4.69) is 5.32 Å². The fraction of sp³-hybridized carbons (Fsp3) is 0.357. The molecular formula is C14H17ClN4O3. The van der Waals surface area contributed by atoms with Gasteiger partial charge in [0.25, 0.3) is 0 Å². The van der Waals surface area contributed by atoms with Crippen LogP contribution in [0.4, 0.5) is 16.2 Å². The molecule has 0 aliphatic carbocycles. The second-order valence-corrected chi connectivity index (χ2v) is 5.44. The van der Waals surface area contributed by atoms with Crippen molar-refractivity contribution in [1.82, 2.24) is 5.32 Å². The number of benzene rings is 1. The molecule has 1 aromatic carbocycles. The number of primary amides is 1. The average molecular weight is 325 g/mol. The number of hydrogen-bond acceptors (Lipinski definition) is 4. The Morgan fingerprint density at radius 1 is 1.41 bits per heavy atom. The number of hydrogen-bond donors (Lipinski definition) is 3. The molecule has 1 aromatic rings. The average Bonchev–Trinajstić information content (AvgIpc) is 2.84. The molecule has 1 heterocycles. The molecule has 8 heteroatoms. The van der Waals surface area contributed by atoms with Crippen LogP contribution < -0.4 is 21.3 Å². The van der Waals surface area contributed by atoms with E-state index in [1.165, 1.54) is 0 Å². The number of rotatable bonds is 4. The molecule has 4 N–H and O–H groups in total. The van der Waals surface area contributed by atoms with Crippen molar-refractivity contribution < 1.29 is 14.4 Å². The number of carbonyl (C=O) groups is 3. The molecule has 1 fully saturated rings. The van der Waals surface area contributed by atoms with Gasteiger partial charge in [-0.1, -0.05) is 11.6 Å². The summed E-state index contributed by atoms with van der Waals surface area (Å²) < 4.78 is 0. The van der Waals surface area contributed by atoms with Gasteiger partial charge >= 0.3 is 6.03 Å². The summed E-state index contributed by atoms with van der Waals surface area (Å²) in [6.07, 6.45) is 1.35. The van der Waals surface area contributed by atoms with Gasteiger partial charge in [0.15, 0.2) is 0 Å². The van der Waals surface area contributed by atoms with E-state index in [4.69, 9.17) is 17.3 Å². The molecule has 1 aliphatic heterocycles. The first-order chi connectivity index (χ1) is 10.4. The number of carbonyl (C=O) groups excluding carboxylic acids is 3. The van der Waals surface area contributed by atoms with Crippen LogP contribution in [0.25, 0.3) is 0 Å². The molecule has 7 nitrogen and oxygen atoms in total. The molecular weight excluding hydrogens is 308 g/mol. The molecule has 0 aromatic heterocycles. The topological polar surface area (TPSA) is 105 Å². The van der Waals surface area contributed by atoms with E-state index in [1.807, 2.05) is 5.32 Å². The maximum absolute atomic E-state index is 11.7. The minimum absolute atomic E-state index is 0.0526. The van der Waals surface area contributed by atoms with Gasteiger partial charge in [-0.15, -0.1) is 0 Å². The highest BCUT2D eigenvalue weighted by atomic mass is 35.5. The van der Waals surface area contributed by atoms with Crippen LogP contribution in [0, 0.1) is 0 Å². The van der Waals surface area contributed by atoms with Crippen LogP contribution in [0.3, 0.4) is 0 Å². The summed E-state index contributed by atoms with van der Waals surface area (Å²) in [6, 6.07) is 3.52. The first-order valence-corrected chi connectivity index (χ1v) is 7.23. The zero-order valence-corrected chi connectivity index (χ0v) is 12.8. The Bertz CT molecular complexity index is 620. The fourth-order valence-corrected chi connectivity index (χ4v) is 2.55. The predicted octanol–water partition coefficient (Wildman–Crippen LogP) is 1.46. The van der Waals surface area contributed by atoms with Crippen molar-refractivity contribution in [3.05, 3.63) is 23.2 Å². The van der Waals surface area contributed by atoms with Crippen molar-refractivity contribution in [1.29, 1.82) is 0 Å². The zero-order chi connectivity index (χ0) is 16.3. The number of amides is 4. The highest BCUT2D eigenvalue weighted by Crippen LogP contribution is 2.31. The molecule has 118 valence electrons. The first kappa shape index (κ1) is 16.1. The maximum Gasteiger partial charge on any atom is 0.318 e. The standard InChI is InChI=1S/C14H17ClN4O3/c1-8(13(21)18-14(16)22)17-9-4-5-11(10(15)7-9)19-6-2-3-12(19)20/h4-5,7-8,17H,2-3,6H2,1H3,(H3,16,18,21,22). The van der Waals surface area contributed by atoms with Crippen LogP contribution in [0.2, 0.25) is 5.02 Å². The Hall–Kier alpha value is -2.28. The van der Waals surface area contributed by atoms with Gasteiger partial charge in [-0.3, -0.25) is 14.9 Å².